The largest absolute Gasteiger partial charge is 0.497 e. The topological polar surface area (TPSA) is 96.0 Å². The fourth-order valence-corrected chi connectivity index (χ4v) is 5.21. The van der Waals surface area contributed by atoms with Gasteiger partial charge in [-0.3, -0.25) is 13.9 Å². The first-order valence-electron chi connectivity index (χ1n) is 11.9. The number of carbonyl (C=O) groups is 2. The highest BCUT2D eigenvalue weighted by Crippen LogP contribution is 2.25. The number of methoxy groups -OCH3 is 1. The first-order chi connectivity index (χ1) is 17.6. The minimum atomic E-state index is -4.08. The second-order valence-electron chi connectivity index (χ2n) is 8.82. The highest BCUT2D eigenvalue weighted by molar-refractivity contribution is 7.92. The Labute approximate surface area is 218 Å². The minimum Gasteiger partial charge on any atom is -0.497 e. The normalized spacial score (nSPS) is 11.9. The first-order valence-corrected chi connectivity index (χ1v) is 13.3. The number of anilines is 1. The van der Waals surface area contributed by atoms with Gasteiger partial charge in [-0.2, -0.15) is 0 Å². The molecule has 1 atom stereocenters. The molecule has 0 bridgehead atoms. The lowest BCUT2D eigenvalue weighted by atomic mass is 10.1. The predicted molar refractivity (Wildman–Crippen MR) is 144 cm³/mol. The number of aryl methyl sites for hydroxylation is 2. The van der Waals surface area contributed by atoms with Crippen molar-refractivity contribution in [1.82, 2.24) is 10.2 Å². The fourth-order valence-electron chi connectivity index (χ4n) is 3.80. The number of nitrogens with zero attached hydrogens (tertiary/aromatic N) is 2. The van der Waals surface area contributed by atoms with E-state index in [0.717, 1.165) is 21.0 Å². The molecule has 0 aliphatic carbocycles. The number of carbonyl (C=O) groups excluding carboxylic acids is 2. The van der Waals surface area contributed by atoms with Crippen molar-refractivity contribution in [1.29, 1.82) is 0 Å². The van der Waals surface area contributed by atoms with Crippen LogP contribution in [0.1, 0.15) is 23.6 Å². The molecule has 3 rings (SSSR count). The summed E-state index contributed by atoms with van der Waals surface area (Å²) in [5.74, 6) is -0.205. The number of amides is 2. The van der Waals surface area contributed by atoms with Crippen molar-refractivity contribution in [2.75, 3.05) is 25.0 Å². The summed E-state index contributed by atoms with van der Waals surface area (Å²) in [5.41, 5.74) is 3.00. The molecule has 9 heteroatoms. The quantitative estimate of drug-likeness (QED) is 0.438. The lowest BCUT2D eigenvalue weighted by Crippen LogP contribution is -2.50. The molecule has 2 amide bonds. The zero-order chi connectivity index (χ0) is 27.2. The van der Waals surface area contributed by atoms with Crippen molar-refractivity contribution in [3.05, 3.63) is 89.5 Å². The molecular weight excluding hydrogens is 490 g/mol. The molecule has 0 saturated carbocycles. The van der Waals surface area contributed by atoms with E-state index in [1.54, 1.807) is 74.7 Å². The average Bonchev–Trinajstić information content (AvgIpc) is 2.90. The van der Waals surface area contributed by atoms with Crippen LogP contribution in [0.3, 0.4) is 0 Å². The van der Waals surface area contributed by atoms with Crippen LogP contribution < -0.4 is 14.4 Å². The molecule has 1 N–H and O–H groups in total. The van der Waals surface area contributed by atoms with Gasteiger partial charge in [0.1, 0.15) is 18.3 Å². The summed E-state index contributed by atoms with van der Waals surface area (Å²) in [4.78, 5) is 27.7. The van der Waals surface area contributed by atoms with Gasteiger partial charge in [-0.15, -0.1) is 0 Å². The van der Waals surface area contributed by atoms with Crippen LogP contribution in [-0.2, 0) is 26.2 Å². The summed E-state index contributed by atoms with van der Waals surface area (Å²) in [6.07, 6.45) is 0. The van der Waals surface area contributed by atoms with E-state index < -0.39 is 28.5 Å². The zero-order valence-electron chi connectivity index (χ0n) is 21.8. The van der Waals surface area contributed by atoms with Crippen LogP contribution in [0.2, 0.25) is 0 Å². The van der Waals surface area contributed by atoms with E-state index in [0.29, 0.717) is 11.4 Å². The molecule has 0 aliphatic heterocycles. The fraction of sp³-hybridized carbons (Fsp3) is 0.286. The molecule has 3 aromatic carbocycles. The van der Waals surface area contributed by atoms with E-state index in [2.05, 4.69) is 5.32 Å². The molecule has 0 aromatic heterocycles. The molecule has 0 fully saturated rings. The number of likely N-dealkylation sites (N-methyl/N-ethyl adjacent to an activating group) is 1. The Bertz CT molecular complexity index is 1320. The lowest BCUT2D eigenvalue weighted by Gasteiger charge is -2.31. The summed E-state index contributed by atoms with van der Waals surface area (Å²) < 4.78 is 33.8. The molecule has 0 radical (unpaired) electrons. The summed E-state index contributed by atoms with van der Waals surface area (Å²) in [5, 5.41) is 2.57. The maximum Gasteiger partial charge on any atom is 0.264 e. The van der Waals surface area contributed by atoms with Gasteiger partial charge in [0, 0.05) is 13.6 Å². The summed E-state index contributed by atoms with van der Waals surface area (Å²) >= 11 is 0. The first kappa shape index (κ1) is 27.7. The van der Waals surface area contributed by atoms with Crippen LogP contribution in [0.15, 0.2) is 77.7 Å². The predicted octanol–water partition coefficient (Wildman–Crippen LogP) is 3.67. The SMILES string of the molecule is CNC(=O)C(C)N(Cc1ccc(OC)cc1)C(=O)CN(c1ccc(C)cc1)S(=O)(=O)c1ccc(C)cc1. The van der Waals surface area contributed by atoms with Crippen molar-refractivity contribution in [3.8, 4) is 5.75 Å². The van der Waals surface area contributed by atoms with Crippen LogP contribution in [0.5, 0.6) is 5.75 Å². The minimum absolute atomic E-state index is 0.0764. The van der Waals surface area contributed by atoms with E-state index in [1.807, 2.05) is 13.8 Å². The Morgan fingerprint density at radius 1 is 0.892 bits per heavy atom. The van der Waals surface area contributed by atoms with Gasteiger partial charge in [-0.05, 0) is 62.7 Å². The number of rotatable bonds is 10. The molecule has 0 heterocycles. The maximum atomic E-state index is 13.7. The molecular formula is C28H33N3O5S. The number of sulfonamides is 1. The van der Waals surface area contributed by atoms with Gasteiger partial charge in [-0.1, -0.05) is 47.5 Å². The van der Waals surface area contributed by atoms with Gasteiger partial charge in [0.05, 0.1) is 17.7 Å². The summed E-state index contributed by atoms with van der Waals surface area (Å²) in [6.45, 7) is 5.02. The Morgan fingerprint density at radius 2 is 1.43 bits per heavy atom. The third-order valence-corrected chi connectivity index (χ3v) is 7.92. The lowest BCUT2D eigenvalue weighted by molar-refractivity contribution is -0.139. The Morgan fingerprint density at radius 3 is 1.95 bits per heavy atom. The van der Waals surface area contributed by atoms with Crippen molar-refractivity contribution in [3.63, 3.8) is 0 Å². The molecule has 0 spiro atoms. The van der Waals surface area contributed by atoms with Gasteiger partial charge >= 0.3 is 0 Å². The number of hydrogen-bond donors (Lipinski definition) is 1. The Balaban J connectivity index is 2.00. The molecule has 37 heavy (non-hydrogen) atoms. The van der Waals surface area contributed by atoms with Crippen molar-refractivity contribution >= 4 is 27.5 Å². The standard InChI is InChI=1S/C28H33N3O5S/c1-20-6-12-24(13-7-20)31(37(34,35)26-16-8-21(2)9-17-26)19-27(32)30(22(3)28(33)29-4)18-23-10-14-25(36-5)15-11-23/h6-17,22H,18-19H2,1-5H3,(H,29,33). The van der Waals surface area contributed by atoms with E-state index in [1.165, 1.54) is 24.1 Å². The van der Waals surface area contributed by atoms with E-state index in [-0.39, 0.29) is 17.3 Å². The summed E-state index contributed by atoms with van der Waals surface area (Å²) in [6, 6.07) is 19.7. The second-order valence-corrected chi connectivity index (χ2v) is 10.7. The van der Waals surface area contributed by atoms with Gasteiger partial charge in [0.25, 0.3) is 10.0 Å². The molecule has 1 unspecified atom stereocenters. The van der Waals surface area contributed by atoms with Gasteiger partial charge in [0.15, 0.2) is 0 Å². The zero-order valence-corrected chi connectivity index (χ0v) is 22.6. The molecule has 3 aromatic rings. The van der Waals surface area contributed by atoms with Crippen molar-refractivity contribution < 1.29 is 22.7 Å². The van der Waals surface area contributed by atoms with Crippen LogP contribution in [0, 0.1) is 13.8 Å². The summed E-state index contributed by atoms with van der Waals surface area (Å²) in [7, 11) is -1.02. The molecule has 196 valence electrons. The number of hydrogen-bond acceptors (Lipinski definition) is 5. The highest BCUT2D eigenvalue weighted by atomic mass is 32.2. The van der Waals surface area contributed by atoms with E-state index in [4.69, 9.17) is 4.74 Å². The third-order valence-electron chi connectivity index (χ3n) is 6.14. The van der Waals surface area contributed by atoms with Crippen LogP contribution in [0.25, 0.3) is 0 Å². The molecule has 8 nitrogen and oxygen atoms in total. The van der Waals surface area contributed by atoms with Crippen molar-refractivity contribution in [2.24, 2.45) is 0 Å². The molecule has 0 aliphatic rings. The van der Waals surface area contributed by atoms with Gasteiger partial charge in [0.2, 0.25) is 11.8 Å². The van der Waals surface area contributed by atoms with Crippen molar-refractivity contribution in [2.45, 2.75) is 38.3 Å². The van der Waals surface area contributed by atoms with Gasteiger partial charge < -0.3 is 15.0 Å². The van der Waals surface area contributed by atoms with Crippen LogP contribution >= 0.6 is 0 Å². The van der Waals surface area contributed by atoms with E-state index >= 15 is 0 Å². The monoisotopic (exact) mass is 523 g/mol. The van der Waals surface area contributed by atoms with Crippen LogP contribution in [-0.4, -0.2) is 51.9 Å². The Kier molecular flexibility index (Phi) is 8.94. The smallest absolute Gasteiger partial charge is 0.264 e. The number of ether oxygens (including phenoxy) is 1. The average molecular weight is 524 g/mol. The number of nitrogens with one attached hydrogen (secondary N) is 1. The highest BCUT2D eigenvalue weighted by Gasteiger charge is 2.32. The van der Waals surface area contributed by atoms with E-state index in [9.17, 15) is 18.0 Å². The number of benzene rings is 3. The Hall–Kier alpha value is -3.85. The van der Waals surface area contributed by atoms with Gasteiger partial charge in [-0.25, -0.2) is 8.42 Å². The molecule has 0 saturated heterocycles. The third kappa shape index (κ3) is 6.68. The maximum absolute atomic E-state index is 13.7. The second kappa shape index (κ2) is 11.9. The van der Waals surface area contributed by atoms with Crippen LogP contribution in [0.4, 0.5) is 5.69 Å².